The third-order valence-corrected chi connectivity index (χ3v) is 5.70. The SMILES string of the molecule is COc1cc(/C=C2/SC(=O)N(Cc3ccccc3F)C2=O)ccc1Oc1ccc([N+](=O)[O-])cn1. The predicted octanol–water partition coefficient (Wildman–Crippen LogP) is 5.17. The number of nitrogens with zero attached hydrogens (tertiary/aromatic N) is 3. The van der Waals surface area contributed by atoms with Crippen LogP contribution in [0.1, 0.15) is 11.1 Å². The molecule has 1 aliphatic rings. The summed E-state index contributed by atoms with van der Waals surface area (Å²) in [5.74, 6) is -0.264. The second-order valence-electron chi connectivity index (χ2n) is 6.98. The van der Waals surface area contributed by atoms with Crippen molar-refractivity contribution in [3.8, 4) is 17.4 Å². The molecule has 2 aromatic carbocycles. The van der Waals surface area contributed by atoms with Crippen LogP contribution in [0.4, 0.5) is 14.9 Å². The van der Waals surface area contributed by atoms with Crippen LogP contribution in [0, 0.1) is 15.9 Å². The van der Waals surface area contributed by atoms with Crippen molar-refractivity contribution in [2.24, 2.45) is 0 Å². The van der Waals surface area contributed by atoms with Crippen LogP contribution in [0.25, 0.3) is 6.08 Å². The molecule has 2 amide bonds. The summed E-state index contributed by atoms with van der Waals surface area (Å²) in [6.07, 6.45) is 2.61. The van der Waals surface area contributed by atoms with Crippen LogP contribution in [0.2, 0.25) is 0 Å². The summed E-state index contributed by atoms with van der Waals surface area (Å²) >= 11 is 0.765. The highest BCUT2D eigenvalue weighted by Gasteiger charge is 2.35. The largest absolute Gasteiger partial charge is 0.493 e. The van der Waals surface area contributed by atoms with Gasteiger partial charge < -0.3 is 9.47 Å². The van der Waals surface area contributed by atoms with Gasteiger partial charge in [0.2, 0.25) is 5.88 Å². The van der Waals surface area contributed by atoms with E-state index >= 15 is 0 Å². The predicted molar refractivity (Wildman–Crippen MR) is 122 cm³/mol. The molecule has 0 N–H and O–H groups in total. The van der Waals surface area contributed by atoms with E-state index in [2.05, 4.69) is 4.98 Å². The summed E-state index contributed by atoms with van der Waals surface area (Å²) in [5.41, 5.74) is 0.643. The zero-order valence-corrected chi connectivity index (χ0v) is 18.5. The fraction of sp³-hybridized carbons (Fsp3) is 0.0870. The van der Waals surface area contributed by atoms with Crippen molar-refractivity contribution in [2.45, 2.75) is 6.54 Å². The van der Waals surface area contributed by atoms with Crippen LogP contribution in [0.5, 0.6) is 17.4 Å². The Morgan fingerprint density at radius 3 is 2.62 bits per heavy atom. The fourth-order valence-corrected chi connectivity index (χ4v) is 3.93. The first kappa shape index (κ1) is 22.9. The minimum absolute atomic E-state index is 0.130. The van der Waals surface area contributed by atoms with Gasteiger partial charge in [-0.25, -0.2) is 9.37 Å². The summed E-state index contributed by atoms with van der Waals surface area (Å²) in [7, 11) is 1.43. The Morgan fingerprint density at radius 2 is 1.94 bits per heavy atom. The lowest BCUT2D eigenvalue weighted by Gasteiger charge is -2.13. The van der Waals surface area contributed by atoms with Crippen molar-refractivity contribution in [1.82, 2.24) is 9.88 Å². The Morgan fingerprint density at radius 1 is 1.15 bits per heavy atom. The van der Waals surface area contributed by atoms with Crippen molar-refractivity contribution >= 4 is 34.7 Å². The number of rotatable bonds is 7. The van der Waals surface area contributed by atoms with Crippen LogP contribution in [0.15, 0.2) is 65.7 Å². The Balaban J connectivity index is 1.52. The maximum Gasteiger partial charge on any atom is 0.293 e. The molecule has 11 heteroatoms. The Labute approximate surface area is 197 Å². The van der Waals surface area contributed by atoms with Gasteiger partial charge in [-0.2, -0.15) is 0 Å². The highest BCUT2D eigenvalue weighted by Crippen LogP contribution is 2.36. The van der Waals surface area contributed by atoms with Crippen LogP contribution in [-0.2, 0) is 11.3 Å². The zero-order chi connectivity index (χ0) is 24.2. The number of imide groups is 1. The number of thioether (sulfide) groups is 1. The topological polar surface area (TPSA) is 112 Å². The van der Waals surface area contributed by atoms with Gasteiger partial charge in [-0.3, -0.25) is 24.6 Å². The molecule has 0 aliphatic carbocycles. The molecule has 0 unspecified atom stereocenters. The van der Waals surface area contributed by atoms with Crippen LogP contribution in [-0.4, -0.2) is 33.1 Å². The second-order valence-corrected chi connectivity index (χ2v) is 7.98. The molecule has 1 saturated heterocycles. The number of carbonyl (C=O) groups is 2. The van der Waals surface area contributed by atoms with Gasteiger partial charge >= 0.3 is 0 Å². The summed E-state index contributed by atoms with van der Waals surface area (Å²) in [5, 5.41) is 10.3. The van der Waals surface area contributed by atoms with Crippen molar-refractivity contribution < 1.29 is 28.4 Å². The molecule has 2 heterocycles. The molecule has 1 aromatic heterocycles. The summed E-state index contributed by atoms with van der Waals surface area (Å²) < 4.78 is 24.9. The molecule has 0 atom stereocenters. The number of amides is 2. The Kier molecular flexibility index (Phi) is 6.55. The quantitative estimate of drug-likeness (QED) is 0.258. The number of benzene rings is 2. The first-order chi connectivity index (χ1) is 16.4. The molecular formula is C23H16FN3O6S. The molecule has 1 fully saturated rings. The van der Waals surface area contributed by atoms with E-state index < -0.39 is 21.9 Å². The normalized spacial score (nSPS) is 14.5. The summed E-state index contributed by atoms with van der Waals surface area (Å²) in [6.45, 7) is -0.160. The summed E-state index contributed by atoms with van der Waals surface area (Å²) in [6, 6.07) is 13.4. The van der Waals surface area contributed by atoms with Crippen molar-refractivity contribution in [2.75, 3.05) is 7.11 Å². The number of methoxy groups -OCH3 is 1. The third kappa shape index (κ3) is 4.89. The number of ether oxygens (including phenoxy) is 2. The summed E-state index contributed by atoms with van der Waals surface area (Å²) in [4.78, 5) is 40.4. The molecule has 3 aromatic rings. The first-order valence-corrected chi connectivity index (χ1v) is 10.6. The van der Waals surface area contributed by atoms with E-state index in [1.165, 1.54) is 43.5 Å². The van der Waals surface area contributed by atoms with E-state index in [0.717, 1.165) is 22.9 Å². The van der Waals surface area contributed by atoms with Gasteiger partial charge in [-0.05, 0) is 41.6 Å². The molecule has 34 heavy (non-hydrogen) atoms. The second kappa shape index (κ2) is 9.71. The molecule has 0 bridgehead atoms. The van der Waals surface area contributed by atoms with Gasteiger partial charge in [0.05, 0.1) is 23.5 Å². The monoisotopic (exact) mass is 481 g/mol. The number of nitro groups is 1. The minimum Gasteiger partial charge on any atom is -0.493 e. The van der Waals surface area contributed by atoms with Gasteiger partial charge in [0, 0.05) is 17.7 Å². The Bertz CT molecular complexity index is 1310. The lowest BCUT2D eigenvalue weighted by atomic mass is 10.1. The Hall–Kier alpha value is -4.25. The molecule has 1 aliphatic heterocycles. The van der Waals surface area contributed by atoms with Crippen LogP contribution in [0.3, 0.4) is 0 Å². The van der Waals surface area contributed by atoms with Crippen molar-refractivity contribution in [3.05, 3.63) is 92.8 Å². The van der Waals surface area contributed by atoms with Crippen molar-refractivity contribution in [3.63, 3.8) is 0 Å². The standard InChI is InChI=1S/C23H16FN3O6S/c1-32-19-10-14(6-8-18(19)33-21-9-7-16(12-25-21)27(30)31)11-20-22(28)26(23(29)34-20)13-15-4-2-3-5-17(15)24/h2-12H,13H2,1H3/b20-11+. The molecule has 172 valence electrons. The van der Waals surface area contributed by atoms with Gasteiger partial charge in [-0.1, -0.05) is 24.3 Å². The third-order valence-electron chi connectivity index (χ3n) is 4.79. The lowest BCUT2D eigenvalue weighted by Crippen LogP contribution is -2.27. The maximum atomic E-state index is 13.9. The van der Waals surface area contributed by atoms with Crippen LogP contribution < -0.4 is 9.47 Å². The van der Waals surface area contributed by atoms with E-state index in [1.54, 1.807) is 24.3 Å². The van der Waals surface area contributed by atoms with E-state index in [1.807, 2.05) is 0 Å². The molecule has 0 radical (unpaired) electrons. The minimum atomic E-state index is -0.565. The number of carbonyl (C=O) groups excluding carboxylic acids is 2. The zero-order valence-electron chi connectivity index (χ0n) is 17.6. The number of halogens is 1. The van der Waals surface area contributed by atoms with E-state index in [-0.39, 0.29) is 28.6 Å². The van der Waals surface area contributed by atoms with Gasteiger partial charge in [-0.15, -0.1) is 0 Å². The number of pyridine rings is 1. The number of hydrogen-bond donors (Lipinski definition) is 0. The molecule has 0 spiro atoms. The first-order valence-electron chi connectivity index (χ1n) is 9.81. The highest BCUT2D eigenvalue weighted by molar-refractivity contribution is 8.18. The van der Waals surface area contributed by atoms with Gasteiger partial charge in [0.15, 0.2) is 11.5 Å². The molecule has 0 saturated carbocycles. The van der Waals surface area contributed by atoms with Gasteiger partial charge in [0.25, 0.3) is 16.8 Å². The van der Waals surface area contributed by atoms with Gasteiger partial charge in [0.1, 0.15) is 12.0 Å². The number of aromatic nitrogens is 1. The fourth-order valence-electron chi connectivity index (χ4n) is 3.10. The van der Waals surface area contributed by atoms with E-state index in [0.29, 0.717) is 17.1 Å². The molecule has 9 nitrogen and oxygen atoms in total. The van der Waals surface area contributed by atoms with E-state index in [4.69, 9.17) is 9.47 Å². The van der Waals surface area contributed by atoms with Crippen LogP contribution >= 0.6 is 11.8 Å². The van der Waals surface area contributed by atoms with Crippen molar-refractivity contribution in [1.29, 1.82) is 0 Å². The van der Waals surface area contributed by atoms with E-state index in [9.17, 15) is 24.1 Å². The lowest BCUT2D eigenvalue weighted by molar-refractivity contribution is -0.385. The average Bonchev–Trinajstić information content (AvgIpc) is 3.09. The molecular weight excluding hydrogens is 465 g/mol. The number of hydrogen-bond acceptors (Lipinski definition) is 8. The smallest absolute Gasteiger partial charge is 0.293 e. The average molecular weight is 481 g/mol. The maximum absolute atomic E-state index is 13.9. The molecule has 4 rings (SSSR count). The highest BCUT2D eigenvalue weighted by atomic mass is 32.2.